The first-order valence-corrected chi connectivity index (χ1v) is 9.98. The van der Waals surface area contributed by atoms with Crippen molar-refractivity contribution in [1.82, 2.24) is 9.97 Å². The molecule has 1 heterocycles. The maximum atomic E-state index is 11.5. The van der Waals surface area contributed by atoms with Crippen LogP contribution in [0.5, 0.6) is 23.1 Å². The van der Waals surface area contributed by atoms with Crippen molar-refractivity contribution in [2.75, 3.05) is 19.5 Å². The molecule has 2 aromatic carbocycles. The first-order chi connectivity index (χ1) is 14.4. The lowest BCUT2D eigenvalue weighted by Gasteiger charge is -2.14. The minimum absolute atomic E-state index is 0.0546. The second-order valence-electron chi connectivity index (χ2n) is 6.59. The van der Waals surface area contributed by atoms with Crippen LogP contribution in [0.4, 0.5) is 11.6 Å². The minimum atomic E-state index is 0.0546. The van der Waals surface area contributed by atoms with E-state index in [4.69, 9.17) is 14.2 Å². The SMILES string of the molecule is COc1cc(Nc2ncc(Br)c(Oc3ccccc3CC(C)=O)n2)cc(C)c1OC. The topological polar surface area (TPSA) is 82.6 Å². The number of nitrogens with zero attached hydrogens (tertiary/aromatic N) is 2. The number of nitrogens with one attached hydrogen (secondary N) is 1. The van der Waals surface area contributed by atoms with E-state index in [1.54, 1.807) is 39.5 Å². The molecule has 0 aliphatic heterocycles. The number of carbonyl (C=O) groups is 1. The third-order valence-electron chi connectivity index (χ3n) is 4.25. The molecular formula is C22H22BrN3O4. The zero-order valence-electron chi connectivity index (χ0n) is 17.2. The Bertz CT molecular complexity index is 1070. The minimum Gasteiger partial charge on any atom is -0.493 e. The summed E-state index contributed by atoms with van der Waals surface area (Å²) < 4.78 is 17.4. The molecule has 0 amide bonds. The van der Waals surface area contributed by atoms with Gasteiger partial charge in [0.15, 0.2) is 11.5 Å². The Morgan fingerprint density at radius 2 is 1.90 bits per heavy atom. The Morgan fingerprint density at radius 1 is 1.13 bits per heavy atom. The summed E-state index contributed by atoms with van der Waals surface area (Å²) in [6, 6.07) is 11.1. The van der Waals surface area contributed by atoms with E-state index in [0.717, 1.165) is 16.8 Å². The summed E-state index contributed by atoms with van der Waals surface area (Å²) in [5.74, 6) is 2.58. The van der Waals surface area contributed by atoms with E-state index in [9.17, 15) is 4.79 Å². The van der Waals surface area contributed by atoms with Crippen LogP contribution < -0.4 is 19.5 Å². The van der Waals surface area contributed by atoms with E-state index in [-0.39, 0.29) is 12.2 Å². The molecule has 0 saturated heterocycles. The fraction of sp³-hybridized carbons (Fsp3) is 0.227. The van der Waals surface area contributed by atoms with E-state index in [0.29, 0.717) is 33.5 Å². The van der Waals surface area contributed by atoms with Gasteiger partial charge in [0.2, 0.25) is 11.8 Å². The number of para-hydroxylation sites is 1. The number of carbonyl (C=O) groups excluding carboxylic acids is 1. The molecule has 1 aromatic heterocycles. The van der Waals surface area contributed by atoms with Crippen LogP contribution in [-0.2, 0) is 11.2 Å². The van der Waals surface area contributed by atoms with Crippen molar-refractivity contribution in [3.05, 3.63) is 58.2 Å². The predicted molar refractivity (Wildman–Crippen MR) is 118 cm³/mol. The lowest BCUT2D eigenvalue weighted by molar-refractivity contribution is -0.116. The van der Waals surface area contributed by atoms with E-state index >= 15 is 0 Å². The number of ketones is 1. The lowest BCUT2D eigenvalue weighted by atomic mass is 10.1. The number of aromatic nitrogens is 2. The van der Waals surface area contributed by atoms with Crippen molar-refractivity contribution in [2.24, 2.45) is 0 Å². The molecule has 30 heavy (non-hydrogen) atoms. The Kier molecular flexibility index (Phi) is 6.89. The number of rotatable bonds is 8. The van der Waals surface area contributed by atoms with Crippen molar-refractivity contribution in [2.45, 2.75) is 20.3 Å². The van der Waals surface area contributed by atoms with Gasteiger partial charge in [0.25, 0.3) is 0 Å². The Balaban J connectivity index is 1.88. The van der Waals surface area contributed by atoms with Gasteiger partial charge in [-0.2, -0.15) is 4.98 Å². The van der Waals surface area contributed by atoms with Crippen LogP contribution >= 0.6 is 15.9 Å². The van der Waals surface area contributed by atoms with E-state index in [1.165, 1.54) is 0 Å². The summed E-state index contributed by atoms with van der Waals surface area (Å²) >= 11 is 3.42. The van der Waals surface area contributed by atoms with Crippen LogP contribution in [-0.4, -0.2) is 30.0 Å². The van der Waals surface area contributed by atoms with Gasteiger partial charge in [0, 0.05) is 23.7 Å². The fourth-order valence-electron chi connectivity index (χ4n) is 2.96. The van der Waals surface area contributed by atoms with Gasteiger partial charge in [-0.15, -0.1) is 0 Å². The molecule has 3 rings (SSSR count). The summed E-state index contributed by atoms with van der Waals surface area (Å²) in [5.41, 5.74) is 2.45. The Morgan fingerprint density at radius 3 is 2.60 bits per heavy atom. The van der Waals surface area contributed by atoms with Crippen LogP contribution in [0.15, 0.2) is 47.1 Å². The number of ether oxygens (including phenoxy) is 3. The largest absolute Gasteiger partial charge is 0.493 e. The van der Waals surface area contributed by atoms with Crippen molar-refractivity contribution in [3.63, 3.8) is 0 Å². The summed E-state index contributed by atoms with van der Waals surface area (Å²) in [6.45, 7) is 3.47. The maximum absolute atomic E-state index is 11.5. The molecule has 0 atom stereocenters. The first kappa shape index (κ1) is 21.6. The van der Waals surface area contributed by atoms with Gasteiger partial charge >= 0.3 is 0 Å². The summed E-state index contributed by atoms with van der Waals surface area (Å²) in [6.07, 6.45) is 1.89. The molecule has 7 nitrogen and oxygen atoms in total. The van der Waals surface area contributed by atoms with Gasteiger partial charge in [0.1, 0.15) is 11.5 Å². The van der Waals surface area contributed by atoms with Crippen LogP contribution in [0.25, 0.3) is 0 Å². The molecule has 1 N–H and O–H groups in total. The molecule has 0 fully saturated rings. The molecular weight excluding hydrogens is 450 g/mol. The molecule has 0 aliphatic rings. The molecule has 0 saturated carbocycles. The third kappa shape index (κ3) is 5.07. The van der Waals surface area contributed by atoms with Gasteiger partial charge < -0.3 is 19.5 Å². The van der Waals surface area contributed by atoms with Crippen LogP contribution in [0.1, 0.15) is 18.1 Å². The number of methoxy groups -OCH3 is 2. The number of Topliss-reactive ketones (excluding diaryl/α,β-unsaturated/α-hetero) is 1. The van der Waals surface area contributed by atoms with Gasteiger partial charge in [0.05, 0.1) is 24.9 Å². The zero-order valence-corrected chi connectivity index (χ0v) is 18.7. The number of aryl methyl sites for hydroxylation is 1. The maximum Gasteiger partial charge on any atom is 0.238 e. The quantitative estimate of drug-likeness (QED) is 0.481. The summed E-state index contributed by atoms with van der Waals surface area (Å²) in [4.78, 5) is 20.3. The van der Waals surface area contributed by atoms with Crippen LogP contribution in [0.3, 0.4) is 0 Å². The Labute approximate surface area is 183 Å². The Hall–Kier alpha value is -3.13. The lowest BCUT2D eigenvalue weighted by Crippen LogP contribution is -2.03. The molecule has 3 aromatic rings. The highest BCUT2D eigenvalue weighted by Crippen LogP contribution is 2.35. The molecule has 156 valence electrons. The average molecular weight is 472 g/mol. The van der Waals surface area contributed by atoms with E-state index in [2.05, 4.69) is 31.2 Å². The number of halogens is 1. The van der Waals surface area contributed by atoms with Crippen molar-refractivity contribution in [3.8, 4) is 23.1 Å². The number of hydrogen-bond donors (Lipinski definition) is 1. The predicted octanol–water partition coefficient (Wildman–Crippen LogP) is 5.23. The van der Waals surface area contributed by atoms with Gasteiger partial charge in [-0.1, -0.05) is 18.2 Å². The molecule has 8 heteroatoms. The van der Waals surface area contributed by atoms with Gasteiger partial charge in [-0.05, 0) is 47.5 Å². The fourth-order valence-corrected chi connectivity index (χ4v) is 3.23. The summed E-state index contributed by atoms with van der Waals surface area (Å²) in [5, 5.41) is 3.16. The highest BCUT2D eigenvalue weighted by Gasteiger charge is 2.14. The van der Waals surface area contributed by atoms with Gasteiger partial charge in [-0.25, -0.2) is 4.98 Å². The van der Waals surface area contributed by atoms with Crippen LogP contribution in [0, 0.1) is 6.92 Å². The first-order valence-electron chi connectivity index (χ1n) is 9.18. The monoisotopic (exact) mass is 471 g/mol. The van der Waals surface area contributed by atoms with Crippen LogP contribution in [0.2, 0.25) is 0 Å². The second-order valence-corrected chi connectivity index (χ2v) is 7.44. The molecule has 0 bridgehead atoms. The number of hydrogen-bond acceptors (Lipinski definition) is 7. The molecule has 0 unspecified atom stereocenters. The summed E-state index contributed by atoms with van der Waals surface area (Å²) in [7, 11) is 3.19. The second kappa shape index (κ2) is 9.58. The van der Waals surface area contributed by atoms with E-state index < -0.39 is 0 Å². The third-order valence-corrected chi connectivity index (χ3v) is 4.80. The highest BCUT2D eigenvalue weighted by atomic mass is 79.9. The number of anilines is 2. The number of benzene rings is 2. The normalized spacial score (nSPS) is 10.4. The van der Waals surface area contributed by atoms with Crippen molar-refractivity contribution in [1.29, 1.82) is 0 Å². The highest BCUT2D eigenvalue weighted by molar-refractivity contribution is 9.10. The molecule has 0 spiro atoms. The smallest absolute Gasteiger partial charge is 0.238 e. The van der Waals surface area contributed by atoms with E-state index in [1.807, 2.05) is 31.2 Å². The average Bonchev–Trinajstić information content (AvgIpc) is 2.71. The van der Waals surface area contributed by atoms with Crippen molar-refractivity contribution < 1.29 is 19.0 Å². The van der Waals surface area contributed by atoms with Gasteiger partial charge in [-0.3, -0.25) is 4.79 Å². The molecule has 0 aliphatic carbocycles. The molecule has 0 radical (unpaired) electrons. The zero-order chi connectivity index (χ0) is 21.7. The standard InChI is InChI=1S/C22H22BrN3O4/c1-13-9-16(11-19(28-3)20(13)29-4)25-22-24-12-17(23)21(26-22)30-18-8-6-5-7-15(18)10-14(2)27/h5-9,11-12H,10H2,1-4H3,(H,24,25,26). The van der Waals surface area contributed by atoms with Crippen molar-refractivity contribution >= 4 is 33.3 Å².